The topological polar surface area (TPSA) is 0 Å². The summed E-state index contributed by atoms with van der Waals surface area (Å²) in [6.07, 6.45) is 10.3. The summed E-state index contributed by atoms with van der Waals surface area (Å²) in [6.45, 7) is 2.44. The summed E-state index contributed by atoms with van der Waals surface area (Å²) in [7, 11) is 0. The zero-order valence-electron chi connectivity index (χ0n) is 9.09. The Morgan fingerprint density at radius 1 is 1.00 bits per heavy atom. The van der Waals surface area contributed by atoms with Crippen LogP contribution in [0.1, 0.15) is 51.9 Å². The first-order chi connectivity index (χ1) is 6.84. The molecule has 2 fully saturated rings. The highest BCUT2D eigenvalue weighted by atomic mass is 32.2. The fraction of sp³-hybridized carbons (Fsp3) is 0.846. The molecule has 1 heterocycles. The predicted octanol–water partition coefficient (Wildman–Crippen LogP) is 4.16. The van der Waals surface area contributed by atoms with Crippen LogP contribution in [0, 0.1) is 5.92 Å². The van der Waals surface area contributed by atoms with Crippen molar-refractivity contribution in [1.82, 2.24) is 0 Å². The van der Waals surface area contributed by atoms with Gasteiger partial charge in [0.05, 0.1) is 0 Å². The third-order valence-corrected chi connectivity index (χ3v) is 5.87. The van der Waals surface area contributed by atoms with Gasteiger partial charge in [-0.05, 0) is 44.4 Å². The van der Waals surface area contributed by atoms with Gasteiger partial charge in [-0.15, -0.1) is 11.8 Å². The van der Waals surface area contributed by atoms with Crippen molar-refractivity contribution in [3.63, 3.8) is 0 Å². The molecule has 3 rings (SSSR count). The molecule has 78 valence electrons. The molecule has 1 heteroatoms. The van der Waals surface area contributed by atoms with Crippen LogP contribution >= 0.6 is 11.8 Å². The molecule has 0 aromatic rings. The van der Waals surface area contributed by atoms with Crippen molar-refractivity contribution in [3.05, 3.63) is 11.1 Å². The van der Waals surface area contributed by atoms with E-state index >= 15 is 0 Å². The van der Waals surface area contributed by atoms with Crippen molar-refractivity contribution in [2.75, 3.05) is 0 Å². The van der Waals surface area contributed by atoms with Crippen molar-refractivity contribution >= 4 is 11.8 Å². The third kappa shape index (κ3) is 1.44. The minimum atomic E-state index is 0.948. The van der Waals surface area contributed by atoms with Crippen molar-refractivity contribution in [2.45, 2.75) is 62.4 Å². The molecular weight excluding hydrogens is 188 g/mol. The summed E-state index contributed by atoms with van der Waals surface area (Å²) in [6, 6.07) is 0. The molecule has 0 N–H and O–H groups in total. The van der Waals surface area contributed by atoms with Crippen LogP contribution in [0.2, 0.25) is 0 Å². The van der Waals surface area contributed by atoms with Crippen LogP contribution < -0.4 is 0 Å². The quantitative estimate of drug-likeness (QED) is 0.539. The van der Waals surface area contributed by atoms with Gasteiger partial charge in [0, 0.05) is 10.5 Å². The van der Waals surface area contributed by atoms with Gasteiger partial charge in [-0.3, -0.25) is 0 Å². The Morgan fingerprint density at radius 3 is 2.79 bits per heavy atom. The molecule has 14 heavy (non-hydrogen) atoms. The van der Waals surface area contributed by atoms with Gasteiger partial charge in [0.15, 0.2) is 0 Å². The van der Waals surface area contributed by atoms with E-state index in [1.54, 1.807) is 0 Å². The van der Waals surface area contributed by atoms with Gasteiger partial charge in [0.2, 0.25) is 0 Å². The average molecular weight is 208 g/mol. The minimum absolute atomic E-state index is 0.948. The predicted molar refractivity (Wildman–Crippen MR) is 63.7 cm³/mol. The lowest BCUT2D eigenvalue weighted by atomic mass is 9.80. The number of fused-ring (bicyclic) bond motifs is 2. The molecule has 3 aliphatic rings. The second-order valence-electron chi connectivity index (χ2n) is 5.30. The fourth-order valence-electron chi connectivity index (χ4n) is 3.40. The van der Waals surface area contributed by atoms with Crippen LogP contribution in [0.25, 0.3) is 0 Å². The second kappa shape index (κ2) is 3.59. The first-order valence-corrected chi connectivity index (χ1v) is 7.16. The van der Waals surface area contributed by atoms with E-state index in [4.69, 9.17) is 0 Å². The molecule has 0 aromatic carbocycles. The summed E-state index contributed by atoms with van der Waals surface area (Å²) in [4.78, 5) is 0. The van der Waals surface area contributed by atoms with E-state index in [2.05, 4.69) is 18.7 Å². The van der Waals surface area contributed by atoms with Crippen molar-refractivity contribution in [2.24, 2.45) is 5.92 Å². The van der Waals surface area contributed by atoms with Gasteiger partial charge < -0.3 is 0 Å². The molecule has 0 bridgehead atoms. The maximum atomic E-state index is 2.44. The first kappa shape index (κ1) is 9.33. The van der Waals surface area contributed by atoms with Crippen molar-refractivity contribution in [1.29, 1.82) is 0 Å². The molecular formula is C13H20S. The second-order valence-corrected chi connectivity index (χ2v) is 6.71. The molecule has 0 spiro atoms. The van der Waals surface area contributed by atoms with Gasteiger partial charge in [0.25, 0.3) is 0 Å². The molecule has 2 unspecified atom stereocenters. The smallest absolute Gasteiger partial charge is 0.0265 e. The molecule has 0 aromatic heterocycles. The standard InChI is InChI=1S/C13H20S/c1-9-6-7-13-11(8-9)10-4-2-3-5-12(10)14-13/h9,12-13H,2-8H2,1H3/t9-,12?,13?/m1/s1. The van der Waals surface area contributed by atoms with Gasteiger partial charge in [-0.25, -0.2) is 0 Å². The SMILES string of the molecule is C[C@@H]1CCC2SC3CCCCC3=C2C1. The summed E-state index contributed by atoms with van der Waals surface area (Å²) in [5, 5.41) is 1.90. The Morgan fingerprint density at radius 2 is 1.86 bits per heavy atom. The third-order valence-electron chi connectivity index (χ3n) is 4.17. The lowest BCUT2D eigenvalue weighted by Gasteiger charge is -2.25. The lowest BCUT2D eigenvalue weighted by molar-refractivity contribution is 0.455. The summed E-state index contributed by atoms with van der Waals surface area (Å²) >= 11 is 2.31. The first-order valence-electron chi connectivity index (χ1n) is 6.22. The van der Waals surface area contributed by atoms with Crippen LogP contribution in [0.15, 0.2) is 11.1 Å². The number of rotatable bonds is 0. The highest BCUT2D eigenvalue weighted by molar-refractivity contribution is 8.01. The van der Waals surface area contributed by atoms with Crippen LogP contribution in [0.4, 0.5) is 0 Å². The number of hydrogen-bond acceptors (Lipinski definition) is 1. The molecule has 0 nitrogen and oxygen atoms in total. The maximum Gasteiger partial charge on any atom is 0.0265 e. The molecule has 0 amide bonds. The largest absolute Gasteiger partial charge is 0.146 e. The van der Waals surface area contributed by atoms with Gasteiger partial charge in [-0.1, -0.05) is 24.5 Å². The normalized spacial score (nSPS) is 42.2. The molecule has 3 atom stereocenters. The Hall–Kier alpha value is 0.0900. The van der Waals surface area contributed by atoms with Gasteiger partial charge >= 0.3 is 0 Å². The Kier molecular flexibility index (Phi) is 2.39. The lowest BCUT2D eigenvalue weighted by Crippen LogP contribution is -2.15. The average Bonchev–Trinajstić information content (AvgIpc) is 2.56. The fourth-order valence-corrected chi connectivity index (χ4v) is 5.22. The molecule has 2 saturated carbocycles. The van der Waals surface area contributed by atoms with Crippen molar-refractivity contribution < 1.29 is 0 Å². The zero-order valence-corrected chi connectivity index (χ0v) is 9.91. The van der Waals surface area contributed by atoms with Crippen LogP contribution in [-0.2, 0) is 0 Å². The highest BCUT2D eigenvalue weighted by Gasteiger charge is 2.37. The zero-order chi connectivity index (χ0) is 9.54. The van der Waals surface area contributed by atoms with Crippen molar-refractivity contribution in [3.8, 4) is 0 Å². The van der Waals surface area contributed by atoms with E-state index in [0.717, 1.165) is 16.4 Å². The molecule has 0 radical (unpaired) electrons. The van der Waals surface area contributed by atoms with Crippen LogP contribution in [0.5, 0.6) is 0 Å². The van der Waals surface area contributed by atoms with E-state index in [9.17, 15) is 0 Å². The van der Waals surface area contributed by atoms with E-state index in [1.807, 2.05) is 11.1 Å². The molecule has 1 aliphatic heterocycles. The van der Waals surface area contributed by atoms with E-state index < -0.39 is 0 Å². The Bertz CT molecular complexity index is 266. The van der Waals surface area contributed by atoms with Gasteiger partial charge in [-0.2, -0.15) is 0 Å². The van der Waals surface area contributed by atoms with Crippen LogP contribution in [-0.4, -0.2) is 10.5 Å². The van der Waals surface area contributed by atoms with E-state index in [1.165, 1.54) is 44.9 Å². The molecule has 0 saturated heterocycles. The van der Waals surface area contributed by atoms with E-state index in [0.29, 0.717) is 0 Å². The monoisotopic (exact) mass is 208 g/mol. The van der Waals surface area contributed by atoms with E-state index in [-0.39, 0.29) is 0 Å². The maximum absolute atomic E-state index is 2.44. The Balaban J connectivity index is 1.88. The summed E-state index contributed by atoms with van der Waals surface area (Å²) in [5.74, 6) is 0.968. The van der Waals surface area contributed by atoms with Crippen LogP contribution in [0.3, 0.4) is 0 Å². The highest BCUT2D eigenvalue weighted by Crippen LogP contribution is 2.51. The minimum Gasteiger partial charge on any atom is -0.146 e. The van der Waals surface area contributed by atoms with Gasteiger partial charge in [0.1, 0.15) is 0 Å². The Labute approximate surface area is 91.5 Å². The molecule has 2 aliphatic carbocycles. The number of thioether (sulfide) groups is 1. The number of hydrogen-bond donors (Lipinski definition) is 0. The summed E-state index contributed by atoms with van der Waals surface area (Å²) < 4.78 is 0. The summed E-state index contributed by atoms with van der Waals surface area (Å²) in [5.41, 5.74) is 3.80.